The van der Waals surface area contributed by atoms with E-state index in [9.17, 15) is 9.59 Å². The molecule has 1 aromatic heterocycles. The highest BCUT2D eigenvalue weighted by atomic mass is 16.5. The number of rotatable bonds is 12. The number of nitrogens with one attached hydrogen (secondary N) is 1. The third-order valence-electron chi connectivity index (χ3n) is 8.08. The number of H-pyrrole nitrogens is 1. The van der Waals surface area contributed by atoms with Crippen molar-refractivity contribution >= 4 is 22.7 Å². The molecule has 6 nitrogen and oxygen atoms in total. The summed E-state index contributed by atoms with van der Waals surface area (Å²) in [6, 6.07) is 34.1. The normalized spacial score (nSPS) is 12.7. The van der Waals surface area contributed by atoms with E-state index in [2.05, 4.69) is 29.2 Å². The molecule has 0 aliphatic heterocycles. The largest absolute Gasteiger partial charge is 0.494 e. The number of carbonyl (C=O) groups is 2. The van der Waals surface area contributed by atoms with Gasteiger partial charge in [-0.1, -0.05) is 72.8 Å². The molecule has 218 valence electrons. The molecule has 1 aliphatic carbocycles. The number of benzene rings is 4. The van der Waals surface area contributed by atoms with Crippen LogP contribution in [0, 0.1) is 0 Å². The van der Waals surface area contributed by atoms with Gasteiger partial charge in [-0.3, -0.25) is 9.59 Å². The predicted octanol–water partition coefficient (Wildman–Crippen LogP) is 7.11. The highest BCUT2D eigenvalue weighted by molar-refractivity contribution is 5.97. The molecule has 6 heteroatoms. The van der Waals surface area contributed by atoms with E-state index in [1.165, 1.54) is 10.9 Å². The Balaban J connectivity index is 1.19. The standard InChI is InChI=1S/C37H37N3O3/c1-2-43-33-20-12-27(13-21-33)25-39(23-22-31-24-38-35-11-7-6-10-34(31)35)36(41)26-40(32-18-19-32)37(42)30-16-14-29(15-17-30)28-8-4-3-5-9-28/h3-17,20-21,24,32,38H,2,18-19,22-23,25-26H2,1H3. The summed E-state index contributed by atoms with van der Waals surface area (Å²) in [5, 5.41) is 1.17. The van der Waals surface area contributed by atoms with Crippen LogP contribution in [0.5, 0.6) is 5.75 Å². The van der Waals surface area contributed by atoms with Crippen LogP contribution < -0.4 is 4.74 Å². The molecule has 0 atom stereocenters. The Labute approximate surface area is 252 Å². The maximum Gasteiger partial charge on any atom is 0.254 e. The fraction of sp³-hybridized carbons (Fsp3) is 0.243. The SMILES string of the molecule is CCOc1ccc(CN(CCc2c[nH]c3ccccc23)C(=O)CN(C(=O)c2ccc(-c3ccccc3)cc2)C2CC2)cc1. The summed E-state index contributed by atoms with van der Waals surface area (Å²) in [6.07, 6.45) is 4.60. The first-order valence-electron chi connectivity index (χ1n) is 15.1. The van der Waals surface area contributed by atoms with Crippen molar-refractivity contribution in [3.63, 3.8) is 0 Å². The summed E-state index contributed by atoms with van der Waals surface area (Å²) >= 11 is 0. The van der Waals surface area contributed by atoms with Gasteiger partial charge in [-0.05, 0) is 78.8 Å². The molecule has 0 radical (unpaired) electrons. The van der Waals surface area contributed by atoms with Crippen molar-refractivity contribution in [2.24, 2.45) is 0 Å². The van der Waals surface area contributed by atoms with E-state index in [0.717, 1.165) is 40.8 Å². The van der Waals surface area contributed by atoms with Crippen LogP contribution in [-0.4, -0.2) is 52.3 Å². The molecule has 0 saturated heterocycles. The summed E-state index contributed by atoms with van der Waals surface area (Å²) in [7, 11) is 0. The van der Waals surface area contributed by atoms with E-state index in [4.69, 9.17) is 4.74 Å². The molecule has 2 amide bonds. The smallest absolute Gasteiger partial charge is 0.254 e. The van der Waals surface area contributed by atoms with Gasteiger partial charge in [0, 0.05) is 41.8 Å². The fourth-order valence-corrected chi connectivity index (χ4v) is 5.56. The van der Waals surface area contributed by atoms with Gasteiger partial charge in [-0.2, -0.15) is 0 Å². The summed E-state index contributed by atoms with van der Waals surface area (Å²) in [6.45, 7) is 3.64. The lowest BCUT2D eigenvalue weighted by atomic mass is 10.0. The number of aromatic amines is 1. The first kappa shape index (κ1) is 28.3. The Morgan fingerprint density at radius 3 is 2.26 bits per heavy atom. The maximum absolute atomic E-state index is 14.0. The quantitative estimate of drug-likeness (QED) is 0.174. The summed E-state index contributed by atoms with van der Waals surface area (Å²) in [5.41, 5.74) is 6.06. The van der Waals surface area contributed by atoms with Gasteiger partial charge >= 0.3 is 0 Å². The average molecular weight is 572 g/mol. The average Bonchev–Trinajstić information content (AvgIpc) is 3.82. The number of fused-ring (bicyclic) bond motifs is 1. The van der Waals surface area contributed by atoms with Crippen LogP contribution in [0.1, 0.15) is 41.3 Å². The van der Waals surface area contributed by atoms with Gasteiger partial charge in [-0.25, -0.2) is 0 Å². The molecule has 6 rings (SSSR count). The molecule has 1 heterocycles. The van der Waals surface area contributed by atoms with Crippen molar-refractivity contribution < 1.29 is 14.3 Å². The zero-order valence-corrected chi connectivity index (χ0v) is 24.5. The summed E-state index contributed by atoms with van der Waals surface area (Å²) in [4.78, 5) is 34.7. The van der Waals surface area contributed by atoms with Crippen LogP contribution >= 0.6 is 0 Å². The number of hydrogen-bond donors (Lipinski definition) is 1. The Morgan fingerprint density at radius 2 is 1.53 bits per heavy atom. The van der Waals surface area contributed by atoms with Crippen molar-refractivity contribution in [1.29, 1.82) is 0 Å². The number of amides is 2. The topological polar surface area (TPSA) is 65.6 Å². The number of para-hydroxylation sites is 1. The monoisotopic (exact) mass is 571 g/mol. The second-order valence-electron chi connectivity index (χ2n) is 11.1. The third-order valence-corrected chi connectivity index (χ3v) is 8.08. The van der Waals surface area contributed by atoms with E-state index in [-0.39, 0.29) is 24.4 Å². The van der Waals surface area contributed by atoms with Crippen LogP contribution in [-0.2, 0) is 17.8 Å². The van der Waals surface area contributed by atoms with E-state index in [1.807, 2.05) is 96.9 Å². The first-order chi connectivity index (χ1) is 21.1. The van der Waals surface area contributed by atoms with E-state index in [0.29, 0.717) is 31.7 Å². The molecule has 0 spiro atoms. The third kappa shape index (κ3) is 6.81. The lowest BCUT2D eigenvalue weighted by Gasteiger charge is -2.28. The van der Waals surface area contributed by atoms with Crippen molar-refractivity contribution in [2.75, 3.05) is 19.7 Å². The Bertz CT molecular complexity index is 1670. The maximum atomic E-state index is 14.0. The van der Waals surface area contributed by atoms with Gasteiger partial charge in [0.25, 0.3) is 5.91 Å². The fourth-order valence-electron chi connectivity index (χ4n) is 5.56. The number of ether oxygens (including phenoxy) is 1. The highest BCUT2D eigenvalue weighted by Gasteiger charge is 2.35. The van der Waals surface area contributed by atoms with E-state index < -0.39 is 0 Å². The second-order valence-corrected chi connectivity index (χ2v) is 11.1. The van der Waals surface area contributed by atoms with Crippen LogP contribution in [0.4, 0.5) is 0 Å². The minimum atomic E-state index is -0.0897. The van der Waals surface area contributed by atoms with Crippen LogP contribution in [0.2, 0.25) is 0 Å². The van der Waals surface area contributed by atoms with Gasteiger partial charge < -0.3 is 19.5 Å². The van der Waals surface area contributed by atoms with Crippen molar-refractivity contribution in [2.45, 2.75) is 38.8 Å². The van der Waals surface area contributed by atoms with Gasteiger partial charge in [0.15, 0.2) is 0 Å². The van der Waals surface area contributed by atoms with Crippen molar-refractivity contribution in [1.82, 2.24) is 14.8 Å². The van der Waals surface area contributed by atoms with Gasteiger partial charge in [0.1, 0.15) is 12.3 Å². The zero-order chi connectivity index (χ0) is 29.6. The lowest BCUT2D eigenvalue weighted by Crippen LogP contribution is -2.44. The molecule has 1 saturated carbocycles. The molecule has 43 heavy (non-hydrogen) atoms. The molecule has 4 aromatic carbocycles. The molecule has 0 unspecified atom stereocenters. The number of hydrogen-bond acceptors (Lipinski definition) is 3. The predicted molar refractivity (Wildman–Crippen MR) is 171 cm³/mol. The van der Waals surface area contributed by atoms with E-state index >= 15 is 0 Å². The molecule has 1 fully saturated rings. The second kappa shape index (κ2) is 13.0. The summed E-state index contributed by atoms with van der Waals surface area (Å²) in [5.74, 6) is 0.676. The number of nitrogens with zero attached hydrogens (tertiary/aromatic N) is 2. The van der Waals surface area contributed by atoms with Crippen LogP contribution in [0.15, 0.2) is 109 Å². The van der Waals surface area contributed by atoms with Gasteiger partial charge in [-0.15, -0.1) is 0 Å². The van der Waals surface area contributed by atoms with E-state index in [1.54, 1.807) is 4.90 Å². The minimum absolute atomic E-state index is 0.0464. The highest BCUT2D eigenvalue weighted by Crippen LogP contribution is 2.29. The number of carbonyl (C=O) groups excluding carboxylic acids is 2. The van der Waals surface area contributed by atoms with Crippen molar-refractivity contribution in [3.05, 3.63) is 126 Å². The molecule has 0 bridgehead atoms. The van der Waals surface area contributed by atoms with Gasteiger partial charge in [0.05, 0.1) is 6.61 Å². The first-order valence-corrected chi connectivity index (χ1v) is 15.1. The molecule has 1 N–H and O–H groups in total. The van der Waals surface area contributed by atoms with Gasteiger partial charge in [0.2, 0.25) is 5.91 Å². The molecular formula is C37H37N3O3. The van der Waals surface area contributed by atoms with Crippen LogP contribution in [0.25, 0.3) is 22.0 Å². The van der Waals surface area contributed by atoms with Crippen LogP contribution in [0.3, 0.4) is 0 Å². The van der Waals surface area contributed by atoms with Crippen molar-refractivity contribution in [3.8, 4) is 16.9 Å². The minimum Gasteiger partial charge on any atom is -0.494 e. The Morgan fingerprint density at radius 1 is 0.837 bits per heavy atom. The lowest BCUT2D eigenvalue weighted by molar-refractivity contribution is -0.132. The molecular weight excluding hydrogens is 534 g/mol. The Hall–Kier alpha value is -4.84. The molecule has 1 aliphatic rings. The summed E-state index contributed by atoms with van der Waals surface area (Å²) < 4.78 is 5.61. The zero-order valence-electron chi connectivity index (χ0n) is 24.5. The Kier molecular flexibility index (Phi) is 8.55. The number of aromatic nitrogens is 1. The molecule has 5 aromatic rings.